The van der Waals surface area contributed by atoms with E-state index in [9.17, 15) is 19.7 Å². The van der Waals surface area contributed by atoms with E-state index < -0.39 is 10.8 Å². The standard InChI is InChI=1S/C28H19N3O5/c32-27(30-24-10-4-6-18-5-1-2-9-23(18)24)19-11-13-21(14-12-19)29-28(33)26-16-15-25(36-26)20-7-3-8-22(17-20)31(34)35/h1-17H,(H,29,33)(H,30,32). The Hall–Kier alpha value is -5.24. The third kappa shape index (κ3) is 4.69. The van der Waals surface area contributed by atoms with Crippen molar-refractivity contribution in [2.45, 2.75) is 0 Å². The number of furan rings is 1. The van der Waals surface area contributed by atoms with E-state index in [4.69, 9.17) is 4.42 Å². The number of benzene rings is 4. The highest BCUT2D eigenvalue weighted by Crippen LogP contribution is 2.27. The Morgan fingerprint density at radius 2 is 1.50 bits per heavy atom. The van der Waals surface area contributed by atoms with E-state index in [1.54, 1.807) is 42.5 Å². The molecule has 2 N–H and O–H groups in total. The molecular formula is C28H19N3O5. The predicted octanol–water partition coefficient (Wildman–Crippen LogP) is 6.51. The highest BCUT2D eigenvalue weighted by Gasteiger charge is 2.15. The van der Waals surface area contributed by atoms with Gasteiger partial charge in [0.2, 0.25) is 0 Å². The molecule has 8 nitrogen and oxygen atoms in total. The molecule has 0 aliphatic carbocycles. The van der Waals surface area contributed by atoms with Crippen LogP contribution in [-0.2, 0) is 0 Å². The summed E-state index contributed by atoms with van der Waals surface area (Å²) >= 11 is 0. The lowest BCUT2D eigenvalue weighted by Gasteiger charge is -2.09. The SMILES string of the molecule is O=C(Nc1cccc2ccccc12)c1ccc(NC(=O)c2ccc(-c3cccc([N+](=O)[O-])c3)o2)cc1. The second-order valence-electron chi connectivity index (χ2n) is 7.98. The molecule has 0 unspecified atom stereocenters. The molecule has 0 saturated carbocycles. The zero-order valence-corrected chi connectivity index (χ0v) is 18.8. The summed E-state index contributed by atoms with van der Waals surface area (Å²) in [5.74, 6) is -0.366. The van der Waals surface area contributed by atoms with Crippen molar-refractivity contribution in [2.75, 3.05) is 10.6 Å². The molecule has 36 heavy (non-hydrogen) atoms. The van der Waals surface area contributed by atoms with Crippen LogP contribution in [0.5, 0.6) is 0 Å². The number of amides is 2. The molecule has 0 bridgehead atoms. The van der Waals surface area contributed by atoms with Crippen molar-refractivity contribution in [1.82, 2.24) is 0 Å². The van der Waals surface area contributed by atoms with Crippen LogP contribution in [0.3, 0.4) is 0 Å². The Bertz CT molecular complexity index is 1600. The molecule has 0 radical (unpaired) electrons. The van der Waals surface area contributed by atoms with Gasteiger partial charge in [0.15, 0.2) is 5.76 Å². The Balaban J connectivity index is 1.26. The Kier molecular flexibility index (Phi) is 5.98. The number of rotatable bonds is 6. The molecule has 8 heteroatoms. The number of nitro groups is 1. The Morgan fingerprint density at radius 1 is 0.750 bits per heavy atom. The van der Waals surface area contributed by atoms with Gasteiger partial charge in [-0.1, -0.05) is 48.5 Å². The van der Waals surface area contributed by atoms with Gasteiger partial charge in [-0.3, -0.25) is 19.7 Å². The van der Waals surface area contributed by atoms with Crippen molar-refractivity contribution in [3.63, 3.8) is 0 Å². The molecule has 5 rings (SSSR count). The van der Waals surface area contributed by atoms with E-state index in [1.807, 2.05) is 42.5 Å². The van der Waals surface area contributed by atoms with Crippen molar-refractivity contribution >= 4 is 39.6 Å². The van der Waals surface area contributed by atoms with Gasteiger partial charge in [-0.05, 0) is 47.9 Å². The number of nitrogens with zero attached hydrogens (tertiary/aromatic N) is 1. The van der Waals surface area contributed by atoms with Gasteiger partial charge in [0.1, 0.15) is 5.76 Å². The number of non-ortho nitro benzene ring substituents is 1. The molecule has 0 aliphatic rings. The molecule has 0 fully saturated rings. The summed E-state index contributed by atoms with van der Waals surface area (Å²) in [4.78, 5) is 35.9. The third-order valence-corrected chi connectivity index (χ3v) is 5.61. The number of hydrogen-bond donors (Lipinski definition) is 2. The van der Waals surface area contributed by atoms with Gasteiger partial charge in [0, 0.05) is 40.0 Å². The average molecular weight is 477 g/mol. The number of carbonyl (C=O) groups is 2. The number of carbonyl (C=O) groups excluding carboxylic acids is 2. The first-order valence-electron chi connectivity index (χ1n) is 11.0. The lowest BCUT2D eigenvalue weighted by atomic mass is 10.1. The van der Waals surface area contributed by atoms with Gasteiger partial charge in [0.05, 0.1) is 4.92 Å². The van der Waals surface area contributed by atoms with Crippen LogP contribution in [0.2, 0.25) is 0 Å². The van der Waals surface area contributed by atoms with Crippen LogP contribution in [0.1, 0.15) is 20.9 Å². The van der Waals surface area contributed by atoms with Gasteiger partial charge < -0.3 is 15.1 Å². The number of nitrogens with one attached hydrogen (secondary N) is 2. The van der Waals surface area contributed by atoms with Gasteiger partial charge in [-0.25, -0.2) is 0 Å². The fourth-order valence-corrected chi connectivity index (χ4v) is 3.81. The topological polar surface area (TPSA) is 114 Å². The van der Waals surface area contributed by atoms with Crippen molar-refractivity contribution < 1.29 is 18.9 Å². The van der Waals surface area contributed by atoms with Crippen LogP contribution in [0, 0.1) is 10.1 Å². The molecule has 0 aliphatic heterocycles. The van der Waals surface area contributed by atoms with Crippen LogP contribution in [0.15, 0.2) is 108 Å². The Labute approximate surface area is 205 Å². The van der Waals surface area contributed by atoms with Gasteiger partial charge in [-0.2, -0.15) is 0 Å². The van der Waals surface area contributed by atoms with E-state index in [0.717, 1.165) is 10.8 Å². The van der Waals surface area contributed by atoms with Crippen LogP contribution in [0.25, 0.3) is 22.1 Å². The minimum atomic E-state index is -0.494. The smallest absolute Gasteiger partial charge is 0.291 e. The normalized spacial score (nSPS) is 10.7. The molecule has 5 aromatic rings. The number of hydrogen-bond acceptors (Lipinski definition) is 5. The van der Waals surface area contributed by atoms with Crippen LogP contribution < -0.4 is 10.6 Å². The van der Waals surface area contributed by atoms with E-state index in [-0.39, 0.29) is 17.4 Å². The lowest BCUT2D eigenvalue weighted by molar-refractivity contribution is -0.384. The van der Waals surface area contributed by atoms with Gasteiger partial charge >= 0.3 is 0 Å². The molecule has 176 valence electrons. The largest absolute Gasteiger partial charge is 0.451 e. The summed E-state index contributed by atoms with van der Waals surface area (Å²) in [7, 11) is 0. The van der Waals surface area contributed by atoms with Gasteiger partial charge in [0.25, 0.3) is 17.5 Å². The fourth-order valence-electron chi connectivity index (χ4n) is 3.81. The lowest BCUT2D eigenvalue weighted by Crippen LogP contribution is -2.13. The number of nitro benzene ring substituents is 1. The van der Waals surface area contributed by atoms with Crippen LogP contribution >= 0.6 is 0 Å². The third-order valence-electron chi connectivity index (χ3n) is 5.61. The zero-order chi connectivity index (χ0) is 25.1. The quantitative estimate of drug-likeness (QED) is 0.214. The Morgan fingerprint density at radius 3 is 2.31 bits per heavy atom. The molecule has 1 aromatic heterocycles. The summed E-state index contributed by atoms with van der Waals surface area (Å²) in [5, 5.41) is 18.6. The van der Waals surface area contributed by atoms with Crippen molar-refractivity contribution in [3.05, 3.63) is 125 Å². The van der Waals surface area contributed by atoms with Gasteiger partial charge in [-0.15, -0.1) is 0 Å². The number of anilines is 2. The predicted molar refractivity (Wildman–Crippen MR) is 137 cm³/mol. The molecular weight excluding hydrogens is 458 g/mol. The first-order chi connectivity index (χ1) is 17.5. The second kappa shape index (κ2) is 9.55. The molecule has 0 spiro atoms. The second-order valence-corrected chi connectivity index (χ2v) is 7.98. The molecule has 4 aromatic carbocycles. The minimum Gasteiger partial charge on any atom is -0.451 e. The summed E-state index contributed by atoms with van der Waals surface area (Å²) in [6.45, 7) is 0. The van der Waals surface area contributed by atoms with Crippen LogP contribution in [-0.4, -0.2) is 16.7 Å². The van der Waals surface area contributed by atoms with E-state index in [2.05, 4.69) is 10.6 Å². The summed E-state index contributed by atoms with van der Waals surface area (Å²) in [6, 6.07) is 29.0. The van der Waals surface area contributed by atoms with Crippen molar-refractivity contribution in [3.8, 4) is 11.3 Å². The van der Waals surface area contributed by atoms with Crippen LogP contribution in [0.4, 0.5) is 17.1 Å². The first-order valence-corrected chi connectivity index (χ1v) is 11.0. The molecule has 0 atom stereocenters. The van der Waals surface area contributed by atoms with E-state index in [1.165, 1.54) is 18.2 Å². The van der Waals surface area contributed by atoms with Crippen molar-refractivity contribution in [2.24, 2.45) is 0 Å². The minimum absolute atomic E-state index is 0.0503. The fraction of sp³-hybridized carbons (Fsp3) is 0. The van der Waals surface area contributed by atoms with E-state index >= 15 is 0 Å². The monoisotopic (exact) mass is 477 g/mol. The highest BCUT2D eigenvalue weighted by molar-refractivity contribution is 6.09. The molecule has 2 amide bonds. The summed E-state index contributed by atoms with van der Waals surface area (Å²) in [5.41, 5.74) is 2.05. The number of fused-ring (bicyclic) bond motifs is 1. The summed E-state index contributed by atoms with van der Waals surface area (Å²) in [6.07, 6.45) is 0. The molecule has 1 heterocycles. The van der Waals surface area contributed by atoms with E-state index in [0.29, 0.717) is 28.3 Å². The zero-order valence-electron chi connectivity index (χ0n) is 18.8. The maximum absolute atomic E-state index is 12.8. The maximum atomic E-state index is 12.8. The first kappa shape index (κ1) is 22.5. The average Bonchev–Trinajstić information content (AvgIpc) is 3.40. The molecule has 0 saturated heterocycles. The summed E-state index contributed by atoms with van der Waals surface area (Å²) < 4.78 is 5.60. The van der Waals surface area contributed by atoms with Crippen molar-refractivity contribution in [1.29, 1.82) is 0 Å². The highest BCUT2D eigenvalue weighted by atomic mass is 16.6. The maximum Gasteiger partial charge on any atom is 0.291 e.